The van der Waals surface area contributed by atoms with Crippen molar-refractivity contribution in [2.24, 2.45) is 0 Å². The highest BCUT2D eigenvalue weighted by atomic mass is 16.5. The van der Waals surface area contributed by atoms with E-state index in [0.717, 1.165) is 13.1 Å². The number of urea groups is 1. The topological polar surface area (TPSA) is 32.8 Å². The Kier molecular flexibility index (Phi) is 4.07. The van der Waals surface area contributed by atoms with Gasteiger partial charge < -0.3 is 14.5 Å². The highest BCUT2D eigenvalue weighted by molar-refractivity contribution is 5.74. The van der Waals surface area contributed by atoms with Crippen molar-refractivity contribution in [2.75, 3.05) is 26.2 Å². The minimum atomic E-state index is -0.273. The van der Waals surface area contributed by atoms with Crippen LogP contribution in [0.15, 0.2) is 0 Å². The van der Waals surface area contributed by atoms with Crippen LogP contribution in [0.25, 0.3) is 0 Å². The van der Waals surface area contributed by atoms with Crippen LogP contribution in [0.1, 0.15) is 41.5 Å². The number of carbonyl (C=O) groups is 1. The van der Waals surface area contributed by atoms with Crippen molar-refractivity contribution >= 4 is 6.03 Å². The number of hydrogen-bond acceptors (Lipinski definition) is 2. The number of carbonyl (C=O) groups excluding carboxylic acids is 1. The third-order valence-corrected chi connectivity index (χ3v) is 3.00. The summed E-state index contributed by atoms with van der Waals surface area (Å²) in [5.74, 6) is 0. The molecule has 0 unspecified atom stereocenters. The second-order valence-electron chi connectivity index (χ2n) is 5.93. The van der Waals surface area contributed by atoms with Crippen LogP contribution in [0.4, 0.5) is 4.79 Å². The van der Waals surface area contributed by atoms with Crippen molar-refractivity contribution in [3.8, 4) is 0 Å². The number of hydrogen-bond donors (Lipinski definition) is 0. The van der Waals surface area contributed by atoms with Gasteiger partial charge in [-0.2, -0.15) is 0 Å². The Morgan fingerprint density at radius 1 is 1.12 bits per heavy atom. The average molecular weight is 242 g/mol. The Morgan fingerprint density at radius 3 is 1.88 bits per heavy atom. The lowest BCUT2D eigenvalue weighted by Crippen LogP contribution is -2.60. The summed E-state index contributed by atoms with van der Waals surface area (Å²) in [5, 5.41) is 0. The smallest absolute Gasteiger partial charge is 0.320 e. The molecule has 0 aliphatic carbocycles. The normalized spacial score (nSPS) is 22.4. The van der Waals surface area contributed by atoms with Crippen molar-refractivity contribution < 1.29 is 9.53 Å². The van der Waals surface area contributed by atoms with Crippen molar-refractivity contribution in [1.29, 1.82) is 0 Å². The number of morpholine rings is 1. The molecule has 17 heavy (non-hydrogen) atoms. The van der Waals surface area contributed by atoms with Gasteiger partial charge >= 0.3 is 6.03 Å². The second-order valence-corrected chi connectivity index (χ2v) is 5.93. The first-order valence-electron chi connectivity index (χ1n) is 6.45. The number of rotatable bonds is 2. The molecule has 1 aliphatic heterocycles. The first-order chi connectivity index (χ1) is 7.71. The molecule has 0 bridgehead atoms. The van der Waals surface area contributed by atoms with Crippen LogP contribution in [0.5, 0.6) is 0 Å². The van der Waals surface area contributed by atoms with Gasteiger partial charge in [-0.3, -0.25) is 0 Å². The number of amides is 2. The van der Waals surface area contributed by atoms with E-state index >= 15 is 0 Å². The first kappa shape index (κ1) is 14.3. The molecule has 2 amide bonds. The monoisotopic (exact) mass is 242 g/mol. The largest absolute Gasteiger partial charge is 0.366 e. The SMILES string of the molecule is CCN(CC)C(=O)N1CC(C)(C)OC(C)(C)C1. The van der Waals surface area contributed by atoms with Crippen LogP contribution >= 0.6 is 0 Å². The molecule has 0 spiro atoms. The third kappa shape index (κ3) is 3.60. The zero-order valence-electron chi connectivity index (χ0n) is 12.0. The molecule has 0 aromatic heterocycles. The maximum absolute atomic E-state index is 12.3. The van der Waals surface area contributed by atoms with Gasteiger partial charge in [0.25, 0.3) is 0 Å². The molecule has 0 aromatic rings. The average Bonchev–Trinajstić information content (AvgIpc) is 2.14. The lowest BCUT2D eigenvalue weighted by molar-refractivity contribution is -0.171. The Labute approximate surface area is 105 Å². The molecule has 4 heteroatoms. The van der Waals surface area contributed by atoms with E-state index in [9.17, 15) is 4.79 Å². The van der Waals surface area contributed by atoms with E-state index in [0.29, 0.717) is 13.1 Å². The second kappa shape index (κ2) is 4.84. The van der Waals surface area contributed by atoms with Gasteiger partial charge in [0.15, 0.2) is 0 Å². The fraction of sp³-hybridized carbons (Fsp3) is 0.923. The summed E-state index contributed by atoms with van der Waals surface area (Å²) in [5.41, 5.74) is -0.547. The molecule has 1 saturated heterocycles. The van der Waals surface area contributed by atoms with Gasteiger partial charge in [-0.1, -0.05) is 0 Å². The van der Waals surface area contributed by atoms with Crippen LogP contribution < -0.4 is 0 Å². The molecule has 1 heterocycles. The fourth-order valence-electron chi connectivity index (χ4n) is 2.62. The summed E-state index contributed by atoms with van der Waals surface area (Å²) >= 11 is 0. The van der Waals surface area contributed by atoms with E-state index in [4.69, 9.17) is 4.74 Å². The minimum Gasteiger partial charge on any atom is -0.366 e. The zero-order chi connectivity index (χ0) is 13.3. The molecular formula is C13H26N2O2. The highest BCUT2D eigenvalue weighted by Crippen LogP contribution is 2.28. The first-order valence-corrected chi connectivity index (χ1v) is 6.45. The Hall–Kier alpha value is -0.770. The summed E-state index contributed by atoms with van der Waals surface area (Å²) in [6.07, 6.45) is 0. The van der Waals surface area contributed by atoms with Gasteiger partial charge in [0, 0.05) is 13.1 Å². The molecule has 0 aromatic carbocycles. The van der Waals surface area contributed by atoms with E-state index < -0.39 is 0 Å². The van der Waals surface area contributed by atoms with Crippen LogP contribution in [-0.4, -0.2) is 53.2 Å². The lowest BCUT2D eigenvalue weighted by atomic mass is 9.99. The molecule has 1 rings (SSSR count). The summed E-state index contributed by atoms with van der Waals surface area (Å²) < 4.78 is 5.98. The Morgan fingerprint density at radius 2 is 1.53 bits per heavy atom. The molecular weight excluding hydrogens is 216 g/mol. The predicted octanol–water partition coefficient (Wildman–Crippen LogP) is 2.34. The van der Waals surface area contributed by atoms with Gasteiger partial charge in [-0.25, -0.2) is 4.79 Å². The standard InChI is InChI=1S/C13H26N2O2/c1-7-14(8-2)11(16)15-9-12(3,4)17-13(5,6)10-15/h7-10H2,1-6H3. The Bertz CT molecular complexity index is 267. The van der Waals surface area contributed by atoms with Crippen LogP contribution in [0.3, 0.4) is 0 Å². The Balaban J connectivity index is 2.80. The van der Waals surface area contributed by atoms with Gasteiger partial charge in [0.05, 0.1) is 24.3 Å². The van der Waals surface area contributed by atoms with Gasteiger partial charge in [-0.05, 0) is 41.5 Å². The van der Waals surface area contributed by atoms with Gasteiger partial charge in [-0.15, -0.1) is 0 Å². The lowest BCUT2D eigenvalue weighted by Gasteiger charge is -2.48. The quantitative estimate of drug-likeness (QED) is 0.744. The van der Waals surface area contributed by atoms with Crippen molar-refractivity contribution in [2.45, 2.75) is 52.7 Å². The number of ether oxygens (including phenoxy) is 1. The minimum absolute atomic E-state index is 0.124. The summed E-state index contributed by atoms with van der Waals surface area (Å²) in [6, 6.07) is 0.124. The van der Waals surface area contributed by atoms with Crippen LogP contribution in [-0.2, 0) is 4.74 Å². The summed E-state index contributed by atoms with van der Waals surface area (Å²) in [4.78, 5) is 16.1. The van der Waals surface area contributed by atoms with E-state index in [-0.39, 0.29) is 17.2 Å². The van der Waals surface area contributed by atoms with Gasteiger partial charge in [0.2, 0.25) is 0 Å². The molecule has 0 saturated carbocycles. The van der Waals surface area contributed by atoms with Crippen LogP contribution in [0.2, 0.25) is 0 Å². The third-order valence-electron chi connectivity index (χ3n) is 3.00. The van der Waals surface area contributed by atoms with E-state index in [2.05, 4.69) is 0 Å². The predicted molar refractivity (Wildman–Crippen MR) is 69.1 cm³/mol. The van der Waals surface area contributed by atoms with Crippen LogP contribution in [0, 0.1) is 0 Å². The zero-order valence-corrected chi connectivity index (χ0v) is 12.0. The molecule has 1 aliphatic rings. The van der Waals surface area contributed by atoms with Crippen molar-refractivity contribution in [3.63, 3.8) is 0 Å². The molecule has 100 valence electrons. The van der Waals surface area contributed by atoms with Gasteiger partial charge in [0.1, 0.15) is 0 Å². The number of nitrogens with zero attached hydrogens (tertiary/aromatic N) is 2. The summed E-state index contributed by atoms with van der Waals surface area (Å²) in [7, 11) is 0. The van der Waals surface area contributed by atoms with Crippen molar-refractivity contribution in [1.82, 2.24) is 9.80 Å². The fourth-order valence-corrected chi connectivity index (χ4v) is 2.62. The maximum Gasteiger partial charge on any atom is 0.320 e. The molecule has 1 fully saturated rings. The highest BCUT2D eigenvalue weighted by Gasteiger charge is 2.40. The van der Waals surface area contributed by atoms with Crippen molar-refractivity contribution in [3.05, 3.63) is 0 Å². The molecule has 0 radical (unpaired) electrons. The molecule has 4 nitrogen and oxygen atoms in total. The van der Waals surface area contributed by atoms with E-state index in [1.54, 1.807) is 0 Å². The van der Waals surface area contributed by atoms with E-state index in [1.165, 1.54) is 0 Å². The van der Waals surface area contributed by atoms with E-state index in [1.807, 2.05) is 51.3 Å². The maximum atomic E-state index is 12.3. The summed E-state index contributed by atoms with van der Waals surface area (Å²) in [6.45, 7) is 15.0. The molecule has 0 N–H and O–H groups in total. The molecule has 0 atom stereocenters.